The normalized spacial score (nSPS) is 10.4. The van der Waals surface area contributed by atoms with Crippen LogP contribution in [0.1, 0.15) is 32.1 Å². The Morgan fingerprint density at radius 1 is 1.08 bits per heavy atom. The molecule has 0 spiro atoms. The zero-order valence-electron chi connectivity index (χ0n) is 14.4. The first kappa shape index (κ1) is 18.4. The van der Waals surface area contributed by atoms with Gasteiger partial charge in [0, 0.05) is 29.6 Å². The largest absolute Gasteiger partial charge is 0.456 e. The van der Waals surface area contributed by atoms with Gasteiger partial charge in [-0.1, -0.05) is 18.2 Å². The molecule has 1 aromatic heterocycles. The highest BCUT2D eigenvalue weighted by molar-refractivity contribution is 6.01. The number of hydrogen-bond donors (Lipinski definition) is 1. The maximum absolute atomic E-state index is 12.3. The van der Waals surface area contributed by atoms with Crippen LogP contribution in [0.5, 0.6) is 0 Å². The Bertz CT molecular complexity index is 780. The van der Waals surface area contributed by atoms with Crippen molar-refractivity contribution in [2.75, 3.05) is 25.7 Å². The smallest absolute Gasteiger partial charge is 0.332 e. The van der Waals surface area contributed by atoms with Crippen molar-refractivity contribution in [2.24, 2.45) is 0 Å². The van der Waals surface area contributed by atoms with Gasteiger partial charge in [-0.3, -0.25) is 19.7 Å². The summed E-state index contributed by atoms with van der Waals surface area (Å²) in [6.07, 6.45) is 0. The SMILES string of the molecule is COCC(=O)OCC(=O)c1cc(C)n(NC(=O)c2ccccc2)c1C. The highest BCUT2D eigenvalue weighted by Gasteiger charge is 2.18. The Kier molecular flexibility index (Phi) is 6.08. The van der Waals surface area contributed by atoms with Gasteiger partial charge in [0.1, 0.15) is 6.61 Å². The molecular weight excluding hydrogens is 324 g/mol. The van der Waals surface area contributed by atoms with Crippen LogP contribution < -0.4 is 5.43 Å². The number of ketones is 1. The average Bonchev–Trinajstić information content (AvgIpc) is 2.89. The number of ether oxygens (including phenoxy) is 2. The maximum Gasteiger partial charge on any atom is 0.332 e. The van der Waals surface area contributed by atoms with E-state index in [2.05, 4.69) is 10.2 Å². The van der Waals surface area contributed by atoms with Crippen LogP contribution in [0.3, 0.4) is 0 Å². The van der Waals surface area contributed by atoms with Gasteiger partial charge in [-0.25, -0.2) is 4.79 Å². The summed E-state index contributed by atoms with van der Waals surface area (Å²) in [6.45, 7) is 2.90. The minimum Gasteiger partial charge on any atom is -0.456 e. The fourth-order valence-corrected chi connectivity index (χ4v) is 2.36. The van der Waals surface area contributed by atoms with Gasteiger partial charge in [-0.05, 0) is 32.0 Å². The molecule has 132 valence electrons. The lowest BCUT2D eigenvalue weighted by Gasteiger charge is -2.11. The number of aryl methyl sites for hydroxylation is 1. The summed E-state index contributed by atoms with van der Waals surface area (Å²) in [5, 5.41) is 0. The molecule has 0 saturated carbocycles. The van der Waals surface area contributed by atoms with Crippen LogP contribution in [0.25, 0.3) is 0 Å². The molecule has 1 heterocycles. The summed E-state index contributed by atoms with van der Waals surface area (Å²) in [7, 11) is 1.37. The number of nitrogens with one attached hydrogen (secondary N) is 1. The van der Waals surface area contributed by atoms with Gasteiger partial charge >= 0.3 is 5.97 Å². The summed E-state index contributed by atoms with van der Waals surface area (Å²) < 4.78 is 11.0. The molecule has 7 nitrogen and oxygen atoms in total. The summed E-state index contributed by atoms with van der Waals surface area (Å²) in [5.41, 5.74) is 4.90. The number of nitrogens with zero attached hydrogens (tertiary/aromatic N) is 1. The molecule has 25 heavy (non-hydrogen) atoms. The number of esters is 1. The highest BCUT2D eigenvalue weighted by atomic mass is 16.6. The van der Waals surface area contributed by atoms with Crippen molar-refractivity contribution in [3.8, 4) is 0 Å². The fraction of sp³-hybridized carbons (Fsp3) is 0.278. The van der Waals surface area contributed by atoms with Crippen LogP contribution in [0.2, 0.25) is 0 Å². The Morgan fingerprint density at radius 3 is 2.40 bits per heavy atom. The number of carbonyl (C=O) groups is 3. The zero-order valence-corrected chi connectivity index (χ0v) is 14.4. The fourth-order valence-electron chi connectivity index (χ4n) is 2.36. The molecule has 7 heteroatoms. The van der Waals surface area contributed by atoms with Gasteiger partial charge in [-0.2, -0.15) is 0 Å². The lowest BCUT2D eigenvalue weighted by molar-refractivity contribution is -0.146. The third-order valence-electron chi connectivity index (χ3n) is 3.61. The number of methoxy groups -OCH3 is 1. The van der Waals surface area contributed by atoms with E-state index in [1.807, 2.05) is 6.07 Å². The second-order valence-electron chi connectivity index (χ2n) is 5.44. The van der Waals surface area contributed by atoms with E-state index in [4.69, 9.17) is 4.74 Å². The molecule has 2 aromatic rings. The van der Waals surface area contributed by atoms with Gasteiger partial charge < -0.3 is 9.47 Å². The summed E-state index contributed by atoms with van der Waals surface area (Å²) in [5.74, 6) is -1.24. The van der Waals surface area contributed by atoms with E-state index in [1.165, 1.54) is 7.11 Å². The topological polar surface area (TPSA) is 86.6 Å². The van der Waals surface area contributed by atoms with Crippen molar-refractivity contribution < 1.29 is 23.9 Å². The van der Waals surface area contributed by atoms with Gasteiger partial charge in [0.25, 0.3) is 5.91 Å². The van der Waals surface area contributed by atoms with Crippen molar-refractivity contribution in [3.63, 3.8) is 0 Å². The van der Waals surface area contributed by atoms with Gasteiger partial charge in [0.15, 0.2) is 6.61 Å². The lowest BCUT2D eigenvalue weighted by atomic mass is 10.1. The molecule has 0 fully saturated rings. The van der Waals surface area contributed by atoms with E-state index in [0.717, 1.165) is 0 Å². The first-order chi connectivity index (χ1) is 11.9. The summed E-state index contributed by atoms with van der Waals surface area (Å²) in [4.78, 5) is 35.8. The quantitative estimate of drug-likeness (QED) is 0.612. The molecule has 0 unspecified atom stereocenters. The molecule has 0 aliphatic heterocycles. The summed E-state index contributed by atoms with van der Waals surface area (Å²) >= 11 is 0. The van der Waals surface area contributed by atoms with E-state index in [0.29, 0.717) is 22.5 Å². The molecule has 1 N–H and O–H groups in total. The number of carbonyl (C=O) groups excluding carboxylic acids is 3. The molecule has 1 aromatic carbocycles. The van der Waals surface area contributed by atoms with Crippen LogP contribution >= 0.6 is 0 Å². The Balaban J connectivity index is 2.11. The van der Waals surface area contributed by atoms with Crippen LogP contribution in [0.15, 0.2) is 36.4 Å². The maximum atomic E-state index is 12.3. The van der Waals surface area contributed by atoms with Crippen molar-refractivity contribution in [2.45, 2.75) is 13.8 Å². The Hall–Kier alpha value is -2.93. The minimum atomic E-state index is -0.609. The number of amides is 1. The molecule has 0 aliphatic carbocycles. The lowest BCUT2D eigenvalue weighted by Crippen LogP contribution is -2.25. The molecule has 1 amide bonds. The van der Waals surface area contributed by atoms with E-state index in [-0.39, 0.29) is 24.9 Å². The molecule has 0 bridgehead atoms. The van der Waals surface area contributed by atoms with Gasteiger partial charge in [0.05, 0.1) is 0 Å². The molecular formula is C18H20N2O5. The number of hydrogen-bond acceptors (Lipinski definition) is 5. The number of Topliss-reactive ketones (excluding diaryl/α,β-unsaturated/α-hetero) is 1. The van der Waals surface area contributed by atoms with Crippen molar-refractivity contribution in [1.29, 1.82) is 0 Å². The first-order valence-electron chi connectivity index (χ1n) is 7.67. The van der Waals surface area contributed by atoms with Crippen LogP contribution in [0.4, 0.5) is 0 Å². The minimum absolute atomic E-state index is 0.209. The van der Waals surface area contributed by atoms with E-state index in [9.17, 15) is 14.4 Å². The molecule has 0 aliphatic rings. The van der Waals surface area contributed by atoms with Crippen LogP contribution in [-0.4, -0.2) is 42.7 Å². The Morgan fingerprint density at radius 2 is 1.76 bits per heavy atom. The van der Waals surface area contributed by atoms with Crippen molar-refractivity contribution in [3.05, 3.63) is 58.9 Å². The van der Waals surface area contributed by atoms with Crippen LogP contribution in [0, 0.1) is 13.8 Å². The number of rotatable bonds is 7. The monoisotopic (exact) mass is 344 g/mol. The van der Waals surface area contributed by atoms with Gasteiger partial charge in [-0.15, -0.1) is 0 Å². The second kappa shape index (κ2) is 8.25. The van der Waals surface area contributed by atoms with E-state index in [1.54, 1.807) is 48.9 Å². The van der Waals surface area contributed by atoms with Crippen LogP contribution in [-0.2, 0) is 14.3 Å². The molecule has 2 rings (SSSR count). The van der Waals surface area contributed by atoms with E-state index >= 15 is 0 Å². The van der Waals surface area contributed by atoms with Gasteiger partial charge in [0.2, 0.25) is 5.78 Å². The second-order valence-corrected chi connectivity index (χ2v) is 5.44. The highest BCUT2D eigenvalue weighted by Crippen LogP contribution is 2.15. The third-order valence-corrected chi connectivity index (χ3v) is 3.61. The van der Waals surface area contributed by atoms with E-state index < -0.39 is 5.97 Å². The average molecular weight is 344 g/mol. The van der Waals surface area contributed by atoms with Crippen molar-refractivity contribution in [1.82, 2.24) is 4.68 Å². The molecule has 0 atom stereocenters. The first-order valence-corrected chi connectivity index (χ1v) is 7.67. The summed E-state index contributed by atoms with van der Waals surface area (Å²) in [6, 6.07) is 10.4. The predicted molar refractivity (Wildman–Crippen MR) is 91.2 cm³/mol. The number of benzene rings is 1. The standard InChI is InChI=1S/C18H20N2O5/c1-12-9-15(16(21)10-25-17(22)11-24-3)13(2)20(12)19-18(23)14-7-5-4-6-8-14/h4-9H,10-11H2,1-3H3,(H,19,23). The molecule has 0 radical (unpaired) electrons. The predicted octanol–water partition coefficient (Wildman–Crippen LogP) is 1.86. The Labute approximate surface area is 145 Å². The molecule has 0 saturated heterocycles. The number of aromatic nitrogens is 1. The van der Waals surface area contributed by atoms with Crippen molar-refractivity contribution >= 4 is 17.7 Å². The third kappa shape index (κ3) is 4.54. The zero-order chi connectivity index (χ0) is 18.4.